The fourth-order valence-electron chi connectivity index (χ4n) is 3.80. The maximum atomic E-state index is 13.6. The monoisotopic (exact) mass is 446 g/mol. The lowest BCUT2D eigenvalue weighted by molar-refractivity contribution is -0.170. The Morgan fingerprint density at radius 1 is 1.25 bits per heavy atom. The molecule has 0 bridgehead atoms. The minimum absolute atomic E-state index is 0.120. The molecule has 146 valence electrons. The van der Waals surface area contributed by atoms with Crippen LogP contribution >= 0.6 is 15.9 Å². The maximum absolute atomic E-state index is 13.6. The topological polar surface area (TPSA) is 111 Å². The summed E-state index contributed by atoms with van der Waals surface area (Å²) in [6, 6.07) is 9.68. The largest absolute Gasteiger partial charge is 0.454 e. The quantitative estimate of drug-likeness (QED) is 0.580. The van der Waals surface area contributed by atoms with Crippen LogP contribution in [0.25, 0.3) is 0 Å². The van der Waals surface area contributed by atoms with Crippen LogP contribution in [0.3, 0.4) is 0 Å². The van der Waals surface area contributed by atoms with Gasteiger partial charge in [0.05, 0.1) is 5.56 Å². The van der Waals surface area contributed by atoms with Crippen molar-refractivity contribution in [2.45, 2.75) is 37.7 Å². The van der Waals surface area contributed by atoms with Crippen LogP contribution in [0, 0.1) is 0 Å². The van der Waals surface area contributed by atoms with Gasteiger partial charge in [0.2, 0.25) is 11.3 Å². The fraction of sp³-hybridized carbons (Fsp3) is 0.300. The van der Waals surface area contributed by atoms with Gasteiger partial charge in [0.15, 0.2) is 0 Å². The summed E-state index contributed by atoms with van der Waals surface area (Å²) in [5.41, 5.74) is 4.14. The molecule has 0 fully saturated rings. The zero-order valence-corrected chi connectivity index (χ0v) is 17.1. The van der Waals surface area contributed by atoms with E-state index < -0.39 is 28.8 Å². The summed E-state index contributed by atoms with van der Waals surface area (Å²) < 4.78 is 11.9. The average Bonchev–Trinajstić information content (AvgIpc) is 2.90. The van der Waals surface area contributed by atoms with Gasteiger partial charge in [-0.05, 0) is 39.0 Å². The zero-order valence-electron chi connectivity index (χ0n) is 15.5. The molecule has 2 aliphatic rings. The Morgan fingerprint density at radius 2 is 1.96 bits per heavy atom. The molecule has 2 aromatic carbocycles. The second-order valence-corrected chi connectivity index (χ2v) is 8.78. The summed E-state index contributed by atoms with van der Waals surface area (Å²) in [6.45, 7) is 5.11. The number of hydrogen-bond acceptors (Lipinski definition) is 6. The van der Waals surface area contributed by atoms with Crippen molar-refractivity contribution in [1.82, 2.24) is 5.32 Å². The molecule has 7 nitrogen and oxygen atoms in total. The van der Waals surface area contributed by atoms with Crippen LogP contribution in [0.4, 0.5) is 10.5 Å². The fourth-order valence-corrected chi connectivity index (χ4v) is 4.14. The molecule has 2 aromatic rings. The van der Waals surface area contributed by atoms with Gasteiger partial charge >= 0.3 is 6.09 Å². The Bertz CT molecular complexity index is 1030. The molecule has 2 atom stereocenters. The molecule has 0 radical (unpaired) electrons. The number of aliphatic hydroxyl groups is 1. The van der Waals surface area contributed by atoms with Crippen molar-refractivity contribution in [1.29, 1.82) is 0 Å². The van der Waals surface area contributed by atoms with E-state index in [-0.39, 0.29) is 22.6 Å². The number of hydrogen-bond donors (Lipinski definition) is 3. The number of alkyl carbamates (subject to hydrolysis) is 1. The standard InChI is InChI=1S/C20H19BrN2O5/c1-18(2,3)28-17(25)23-19-11-8-7-10(21)9-14(11)27-20(19,26)12-5-4-6-13(22)15(12)16(19)24/h4-9,26H,22H2,1-3H3,(H,23,25)/t19-,20-/m0/s1. The van der Waals surface area contributed by atoms with Crippen molar-refractivity contribution < 1.29 is 24.2 Å². The second kappa shape index (κ2) is 5.71. The number of ketones is 1. The number of halogens is 1. The molecule has 28 heavy (non-hydrogen) atoms. The van der Waals surface area contributed by atoms with Crippen LogP contribution in [0.5, 0.6) is 5.75 Å². The van der Waals surface area contributed by atoms with Gasteiger partial charge in [-0.1, -0.05) is 34.1 Å². The summed E-state index contributed by atoms with van der Waals surface area (Å²) in [7, 11) is 0. The highest BCUT2D eigenvalue weighted by molar-refractivity contribution is 9.10. The number of amides is 1. The van der Waals surface area contributed by atoms with E-state index in [1.54, 1.807) is 57.2 Å². The normalized spacial score (nSPS) is 24.8. The van der Waals surface area contributed by atoms with E-state index in [1.165, 1.54) is 0 Å². The number of fused-ring (bicyclic) bond motifs is 5. The van der Waals surface area contributed by atoms with Crippen molar-refractivity contribution in [2.24, 2.45) is 0 Å². The predicted octanol–water partition coefficient (Wildman–Crippen LogP) is 3.19. The zero-order chi connectivity index (χ0) is 20.5. The van der Waals surface area contributed by atoms with Gasteiger partial charge in [-0.25, -0.2) is 4.79 Å². The number of anilines is 1. The first-order chi connectivity index (χ1) is 13.0. The summed E-state index contributed by atoms with van der Waals surface area (Å²) in [5.74, 6) is -2.45. The first kappa shape index (κ1) is 18.8. The van der Waals surface area contributed by atoms with Gasteiger partial charge in [0.25, 0.3) is 5.79 Å². The Hall–Kier alpha value is -2.58. The van der Waals surface area contributed by atoms with Crippen LogP contribution in [0.2, 0.25) is 0 Å². The van der Waals surface area contributed by atoms with Gasteiger partial charge in [0.1, 0.15) is 11.4 Å². The highest BCUT2D eigenvalue weighted by Crippen LogP contribution is 2.59. The van der Waals surface area contributed by atoms with E-state index in [0.717, 1.165) is 0 Å². The highest BCUT2D eigenvalue weighted by atomic mass is 79.9. The minimum atomic E-state index is -2.16. The number of carbonyl (C=O) groups excluding carboxylic acids is 2. The summed E-state index contributed by atoms with van der Waals surface area (Å²) >= 11 is 3.35. The molecule has 0 saturated heterocycles. The summed E-state index contributed by atoms with van der Waals surface area (Å²) in [4.78, 5) is 26.2. The first-order valence-corrected chi connectivity index (χ1v) is 9.45. The van der Waals surface area contributed by atoms with Crippen LogP contribution in [0.15, 0.2) is 40.9 Å². The van der Waals surface area contributed by atoms with E-state index >= 15 is 0 Å². The number of nitrogens with one attached hydrogen (secondary N) is 1. The molecule has 0 saturated carbocycles. The molecule has 1 aliphatic carbocycles. The van der Waals surface area contributed by atoms with Gasteiger partial charge in [0, 0.05) is 21.3 Å². The molecule has 1 heterocycles. The minimum Gasteiger partial charge on any atom is -0.454 e. The molecule has 0 unspecified atom stereocenters. The Labute approximate surface area is 169 Å². The van der Waals surface area contributed by atoms with Crippen molar-refractivity contribution in [3.63, 3.8) is 0 Å². The van der Waals surface area contributed by atoms with Crippen molar-refractivity contribution in [3.8, 4) is 5.75 Å². The number of carbonyl (C=O) groups is 2. The van der Waals surface area contributed by atoms with E-state index in [2.05, 4.69) is 21.2 Å². The summed E-state index contributed by atoms with van der Waals surface area (Å²) in [6.07, 6.45) is -0.856. The van der Waals surface area contributed by atoms with E-state index in [1.807, 2.05) is 0 Å². The molecular formula is C20H19BrN2O5. The third-order valence-electron chi connectivity index (χ3n) is 4.83. The van der Waals surface area contributed by atoms with Gasteiger partial charge in [-0.3, -0.25) is 10.1 Å². The molecule has 1 aliphatic heterocycles. The van der Waals surface area contributed by atoms with Crippen molar-refractivity contribution in [2.75, 3.05) is 5.73 Å². The van der Waals surface area contributed by atoms with Gasteiger partial charge in [-0.15, -0.1) is 0 Å². The van der Waals surface area contributed by atoms with Crippen LogP contribution in [0.1, 0.15) is 42.3 Å². The van der Waals surface area contributed by atoms with E-state index in [0.29, 0.717) is 10.0 Å². The molecule has 0 aromatic heterocycles. The van der Waals surface area contributed by atoms with E-state index in [9.17, 15) is 14.7 Å². The molecule has 4 rings (SSSR count). The van der Waals surface area contributed by atoms with Crippen LogP contribution in [-0.4, -0.2) is 22.6 Å². The third kappa shape index (κ3) is 2.37. The number of Topliss-reactive ketones (excluding diaryl/α,β-unsaturated/α-hetero) is 1. The number of rotatable bonds is 1. The lowest BCUT2D eigenvalue weighted by Gasteiger charge is -2.35. The predicted molar refractivity (Wildman–Crippen MR) is 105 cm³/mol. The smallest absolute Gasteiger partial charge is 0.408 e. The van der Waals surface area contributed by atoms with Crippen LogP contribution in [-0.2, 0) is 16.1 Å². The van der Waals surface area contributed by atoms with Crippen molar-refractivity contribution >= 4 is 33.5 Å². The number of nitrogen functional groups attached to an aromatic ring is 1. The Morgan fingerprint density at radius 3 is 2.64 bits per heavy atom. The number of nitrogens with two attached hydrogens (primary N) is 1. The van der Waals surface area contributed by atoms with Gasteiger partial charge < -0.3 is 20.3 Å². The number of ether oxygens (including phenoxy) is 2. The van der Waals surface area contributed by atoms with Crippen molar-refractivity contribution in [3.05, 3.63) is 57.6 Å². The lowest BCUT2D eigenvalue weighted by atomic mass is 9.83. The molecule has 0 spiro atoms. The van der Waals surface area contributed by atoms with E-state index in [4.69, 9.17) is 15.2 Å². The first-order valence-electron chi connectivity index (χ1n) is 8.66. The molecule has 4 N–H and O–H groups in total. The molecular weight excluding hydrogens is 428 g/mol. The summed E-state index contributed by atoms with van der Waals surface area (Å²) in [5, 5.41) is 14.2. The van der Waals surface area contributed by atoms with Crippen LogP contribution < -0.4 is 15.8 Å². The molecule has 8 heteroatoms. The Balaban J connectivity index is 1.94. The maximum Gasteiger partial charge on any atom is 0.408 e. The Kier molecular flexibility index (Phi) is 3.83. The number of benzene rings is 2. The molecule has 1 amide bonds. The SMILES string of the molecule is CC(C)(C)OC(=O)N[C@@]12C(=O)c3c(N)cccc3[C@]1(O)Oc1cc(Br)ccc12. The average molecular weight is 447 g/mol. The highest BCUT2D eigenvalue weighted by Gasteiger charge is 2.72. The van der Waals surface area contributed by atoms with Gasteiger partial charge in [-0.2, -0.15) is 0 Å². The third-order valence-corrected chi connectivity index (χ3v) is 5.32. The lowest BCUT2D eigenvalue weighted by Crippen LogP contribution is -2.60. The second-order valence-electron chi connectivity index (χ2n) is 7.86.